The topological polar surface area (TPSA) is 48.5 Å². The summed E-state index contributed by atoms with van der Waals surface area (Å²) in [4.78, 5) is 20.9. The molecule has 0 bridgehead atoms. The Morgan fingerprint density at radius 1 is 1.20 bits per heavy atom. The van der Waals surface area contributed by atoms with E-state index in [9.17, 15) is 9.18 Å². The lowest BCUT2D eigenvalue weighted by atomic mass is 10.1. The van der Waals surface area contributed by atoms with Crippen LogP contribution in [0.1, 0.15) is 11.1 Å². The van der Waals surface area contributed by atoms with E-state index in [1.54, 1.807) is 25.3 Å². The van der Waals surface area contributed by atoms with Gasteiger partial charge in [0.25, 0.3) is 0 Å². The number of pyridine rings is 1. The Labute approximate surface area is 147 Å². The minimum absolute atomic E-state index is 0.00624. The second-order valence-corrected chi connectivity index (χ2v) is 6.31. The van der Waals surface area contributed by atoms with Crippen molar-refractivity contribution in [3.05, 3.63) is 59.5 Å². The van der Waals surface area contributed by atoms with E-state index in [0.717, 1.165) is 37.6 Å². The number of carbonyl (C=O) groups is 1. The quantitative estimate of drug-likeness (QED) is 0.903. The molecule has 1 aliphatic rings. The fraction of sp³-hybridized carbons (Fsp3) is 0.368. The number of halogens is 1. The third-order valence-corrected chi connectivity index (χ3v) is 4.42. The molecule has 5 nitrogen and oxygen atoms in total. The number of benzene rings is 1. The number of carbonyl (C=O) groups excluding carboxylic acids is 1. The van der Waals surface area contributed by atoms with E-state index in [1.807, 2.05) is 18.2 Å². The molecule has 6 heteroatoms. The molecule has 0 saturated carbocycles. The third-order valence-electron chi connectivity index (χ3n) is 4.42. The summed E-state index contributed by atoms with van der Waals surface area (Å²) in [6.07, 6.45) is 1.80. The first-order valence-electron chi connectivity index (χ1n) is 8.52. The highest BCUT2D eigenvalue weighted by Gasteiger charge is 2.19. The summed E-state index contributed by atoms with van der Waals surface area (Å²) in [5.74, 6) is 0.757. The van der Waals surface area contributed by atoms with Crippen LogP contribution < -0.4 is 10.2 Å². The van der Waals surface area contributed by atoms with Crippen LogP contribution in [0, 0.1) is 12.7 Å². The van der Waals surface area contributed by atoms with E-state index in [1.165, 1.54) is 6.07 Å². The molecule has 0 radical (unpaired) electrons. The minimum Gasteiger partial charge on any atom is -0.354 e. The van der Waals surface area contributed by atoms with Gasteiger partial charge in [-0.3, -0.25) is 9.69 Å². The summed E-state index contributed by atoms with van der Waals surface area (Å²) < 4.78 is 13.3. The smallest absolute Gasteiger partial charge is 0.234 e. The van der Waals surface area contributed by atoms with Gasteiger partial charge in [0, 0.05) is 38.9 Å². The van der Waals surface area contributed by atoms with E-state index in [-0.39, 0.29) is 11.7 Å². The second kappa shape index (κ2) is 8.07. The predicted octanol–water partition coefficient (Wildman–Crippen LogP) is 1.97. The average molecular weight is 342 g/mol. The van der Waals surface area contributed by atoms with E-state index >= 15 is 0 Å². The summed E-state index contributed by atoms with van der Waals surface area (Å²) in [7, 11) is 0. The van der Waals surface area contributed by atoms with Crippen LogP contribution in [-0.2, 0) is 11.3 Å². The Morgan fingerprint density at radius 3 is 2.68 bits per heavy atom. The predicted molar refractivity (Wildman–Crippen MR) is 95.9 cm³/mol. The molecule has 2 aromatic rings. The maximum Gasteiger partial charge on any atom is 0.234 e. The SMILES string of the molecule is Cc1cc(CNC(=O)CN2CCN(c3ccccn3)CC2)ccc1F. The number of hydrogen-bond acceptors (Lipinski definition) is 4. The molecule has 0 spiro atoms. The zero-order valence-corrected chi connectivity index (χ0v) is 14.4. The highest BCUT2D eigenvalue weighted by molar-refractivity contribution is 5.78. The van der Waals surface area contributed by atoms with Gasteiger partial charge in [-0.15, -0.1) is 0 Å². The van der Waals surface area contributed by atoms with Crippen molar-refractivity contribution in [3.63, 3.8) is 0 Å². The molecule has 0 unspecified atom stereocenters. The van der Waals surface area contributed by atoms with Crippen LogP contribution in [0.3, 0.4) is 0 Å². The summed E-state index contributed by atoms with van der Waals surface area (Å²) in [5.41, 5.74) is 1.50. The second-order valence-electron chi connectivity index (χ2n) is 6.31. The van der Waals surface area contributed by atoms with Gasteiger partial charge in [-0.1, -0.05) is 18.2 Å². The van der Waals surface area contributed by atoms with E-state index in [0.29, 0.717) is 18.7 Å². The molecule has 25 heavy (non-hydrogen) atoms. The molecule has 1 N–H and O–H groups in total. The van der Waals surface area contributed by atoms with E-state index in [4.69, 9.17) is 0 Å². The van der Waals surface area contributed by atoms with Crippen molar-refractivity contribution in [1.82, 2.24) is 15.2 Å². The molecule has 0 aliphatic carbocycles. The molecule has 132 valence electrons. The van der Waals surface area contributed by atoms with Crippen molar-refractivity contribution in [3.8, 4) is 0 Å². The molecule has 0 atom stereocenters. The number of hydrogen-bond donors (Lipinski definition) is 1. The molecule has 3 rings (SSSR count). The molecule has 1 fully saturated rings. The largest absolute Gasteiger partial charge is 0.354 e. The van der Waals surface area contributed by atoms with Gasteiger partial charge in [-0.25, -0.2) is 9.37 Å². The van der Waals surface area contributed by atoms with Gasteiger partial charge in [0.2, 0.25) is 5.91 Å². The Balaban J connectivity index is 1.42. The van der Waals surface area contributed by atoms with Crippen molar-refractivity contribution in [2.75, 3.05) is 37.6 Å². The summed E-state index contributed by atoms with van der Waals surface area (Å²) in [6, 6.07) is 10.8. The molecular formula is C19H23FN4O. The Morgan fingerprint density at radius 2 is 2.00 bits per heavy atom. The zero-order valence-electron chi connectivity index (χ0n) is 14.4. The number of nitrogens with one attached hydrogen (secondary N) is 1. The fourth-order valence-electron chi connectivity index (χ4n) is 2.95. The molecule has 1 aliphatic heterocycles. The summed E-state index contributed by atoms with van der Waals surface area (Å²) in [6.45, 7) is 5.92. The number of piperazine rings is 1. The van der Waals surface area contributed by atoms with Crippen LogP contribution >= 0.6 is 0 Å². The van der Waals surface area contributed by atoms with Gasteiger partial charge in [0.15, 0.2) is 0 Å². The number of amides is 1. The molecule has 1 saturated heterocycles. The van der Waals surface area contributed by atoms with Crippen molar-refractivity contribution in [2.45, 2.75) is 13.5 Å². The fourth-order valence-corrected chi connectivity index (χ4v) is 2.95. The average Bonchev–Trinajstić information content (AvgIpc) is 2.64. The molecule has 1 aromatic carbocycles. The van der Waals surface area contributed by atoms with E-state index < -0.39 is 0 Å². The molecule has 1 aromatic heterocycles. The zero-order chi connectivity index (χ0) is 17.6. The maximum absolute atomic E-state index is 13.3. The monoisotopic (exact) mass is 342 g/mol. The van der Waals surface area contributed by atoms with Gasteiger partial charge in [0.05, 0.1) is 6.54 Å². The van der Waals surface area contributed by atoms with Crippen molar-refractivity contribution in [2.24, 2.45) is 0 Å². The van der Waals surface area contributed by atoms with Crippen LogP contribution in [0.4, 0.5) is 10.2 Å². The van der Waals surface area contributed by atoms with Gasteiger partial charge >= 0.3 is 0 Å². The number of aryl methyl sites for hydroxylation is 1. The van der Waals surface area contributed by atoms with Gasteiger partial charge in [-0.05, 0) is 36.2 Å². The molecular weight excluding hydrogens is 319 g/mol. The normalized spacial score (nSPS) is 15.2. The van der Waals surface area contributed by atoms with Crippen LogP contribution in [0.15, 0.2) is 42.6 Å². The Bertz CT molecular complexity index is 715. The lowest BCUT2D eigenvalue weighted by molar-refractivity contribution is -0.122. The third kappa shape index (κ3) is 4.76. The highest BCUT2D eigenvalue weighted by Crippen LogP contribution is 2.12. The Hall–Kier alpha value is -2.47. The number of anilines is 1. The van der Waals surface area contributed by atoms with Crippen LogP contribution in [0.2, 0.25) is 0 Å². The maximum atomic E-state index is 13.3. The van der Waals surface area contributed by atoms with Gasteiger partial charge in [0.1, 0.15) is 11.6 Å². The summed E-state index contributed by atoms with van der Waals surface area (Å²) in [5, 5.41) is 2.91. The molecule has 1 amide bonds. The van der Waals surface area contributed by atoms with Crippen molar-refractivity contribution >= 4 is 11.7 Å². The van der Waals surface area contributed by atoms with Crippen LogP contribution in [-0.4, -0.2) is 48.5 Å². The first-order chi connectivity index (χ1) is 12.1. The summed E-state index contributed by atoms with van der Waals surface area (Å²) >= 11 is 0. The highest BCUT2D eigenvalue weighted by atomic mass is 19.1. The number of rotatable bonds is 5. The Kier molecular flexibility index (Phi) is 5.60. The minimum atomic E-state index is -0.221. The van der Waals surface area contributed by atoms with Gasteiger partial charge < -0.3 is 10.2 Å². The van der Waals surface area contributed by atoms with Crippen molar-refractivity contribution < 1.29 is 9.18 Å². The lowest BCUT2D eigenvalue weighted by Crippen LogP contribution is -2.49. The molecule has 2 heterocycles. The number of aromatic nitrogens is 1. The van der Waals surface area contributed by atoms with E-state index in [2.05, 4.69) is 20.1 Å². The van der Waals surface area contributed by atoms with Crippen LogP contribution in [0.5, 0.6) is 0 Å². The lowest BCUT2D eigenvalue weighted by Gasteiger charge is -2.34. The standard InChI is InChI=1S/C19H23FN4O/c1-15-12-16(5-6-17(15)20)13-22-19(25)14-23-8-10-24(11-9-23)18-4-2-3-7-21-18/h2-7,12H,8-11,13-14H2,1H3,(H,22,25). The number of nitrogens with zero attached hydrogens (tertiary/aromatic N) is 3. The van der Waals surface area contributed by atoms with Crippen LogP contribution in [0.25, 0.3) is 0 Å². The van der Waals surface area contributed by atoms with Gasteiger partial charge in [-0.2, -0.15) is 0 Å². The first kappa shape index (κ1) is 17.4. The first-order valence-corrected chi connectivity index (χ1v) is 8.52. The van der Waals surface area contributed by atoms with Crippen molar-refractivity contribution in [1.29, 1.82) is 0 Å².